The lowest BCUT2D eigenvalue weighted by atomic mass is 10.1. The minimum Gasteiger partial charge on any atom is -0.495 e. The average molecular weight is 307 g/mol. The van der Waals surface area contributed by atoms with Crippen molar-refractivity contribution in [1.29, 1.82) is 5.26 Å². The minimum absolute atomic E-state index is 0.645. The Morgan fingerprint density at radius 1 is 1.14 bits per heavy atom. The second-order valence-electron chi connectivity index (χ2n) is 4.55. The van der Waals surface area contributed by atoms with Gasteiger partial charge in [0, 0.05) is 10.9 Å². The van der Waals surface area contributed by atoms with E-state index in [0.29, 0.717) is 5.56 Å². The van der Waals surface area contributed by atoms with E-state index in [0.717, 1.165) is 27.8 Å². The molecule has 4 nitrogen and oxygen atoms in total. The molecule has 0 aliphatic heterocycles. The Morgan fingerprint density at radius 2 is 1.91 bits per heavy atom. The molecular weight excluding hydrogens is 294 g/mol. The number of nitriles is 1. The monoisotopic (exact) mass is 307 g/mol. The molecule has 2 aromatic carbocycles. The lowest BCUT2D eigenvalue weighted by Gasteiger charge is -2.08. The largest absolute Gasteiger partial charge is 0.495 e. The molecule has 1 heterocycles. The van der Waals surface area contributed by atoms with Gasteiger partial charge >= 0.3 is 0 Å². The van der Waals surface area contributed by atoms with Gasteiger partial charge in [-0.05, 0) is 24.3 Å². The number of rotatable bonds is 4. The molecule has 0 bridgehead atoms. The summed E-state index contributed by atoms with van der Waals surface area (Å²) in [5, 5.41) is 14.9. The van der Waals surface area contributed by atoms with Crippen LogP contribution < -0.4 is 10.1 Å². The van der Waals surface area contributed by atoms with Crippen molar-refractivity contribution in [3.63, 3.8) is 0 Å². The van der Waals surface area contributed by atoms with Crippen molar-refractivity contribution in [1.82, 2.24) is 4.98 Å². The molecular formula is C17H13N3OS. The smallest absolute Gasteiger partial charge is 0.187 e. The zero-order valence-electron chi connectivity index (χ0n) is 11.9. The van der Waals surface area contributed by atoms with E-state index in [1.54, 1.807) is 19.2 Å². The molecule has 1 aromatic heterocycles. The summed E-state index contributed by atoms with van der Waals surface area (Å²) in [6.07, 6.45) is 0. The molecule has 3 rings (SSSR count). The van der Waals surface area contributed by atoms with Gasteiger partial charge in [0.05, 0.1) is 30.1 Å². The third kappa shape index (κ3) is 2.92. The number of hydrogen-bond acceptors (Lipinski definition) is 5. The molecule has 3 aromatic rings. The third-order valence-corrected chi connectivity index (χ3v) is 3.92. The van der Waals surface area contributed by atoms with Gasteiger partial charge in [0.2, 0.25) is 0 Å². The molecule has 0 fully saturated rings. The highest BCUT2D eigenvalue weighted by molar-refractivity contribution is 7.14. The number of thiazole rings is 1. The zero-order chi connectivity index (χ0) is 15.4. The van der Waals surface area contributed by atoms with Crippen molar-refractivity contribution in [2.24, 2.45) is 0 Å². The summed E-state index contributed by atoms with van der Waals surface area (Å²) in [6.45, 7) is 0. The quantitative estimate of drug-likeness (QED) is 0.774. The Kier molecular flexibility index (Phi) is 4.03. The van der Waals surface area contributed by atoms with Crippen LogP contribution >= 0.6 is 11.3 Å². The summed E-state index contributed by atoms with van der Waals surface area (Å²) in [4.78, 5) is 4.58. The van der Waals surface area contributed by atoms with Gasteiger partial charge in [-0.2, -0.15) is 5.26 Å². The maximum atomic E-state index is 8.83. The number of nitrogens with one attached hydrogen (secondary N) is 1. The first kappa shape index (κ1) is 14.1. The van der Waals surface area contributed by atoms with Gasteiger partial charge in [-0.1, -0.05) is 24.3 Å². The average Bonchev–Trinajstić information content (AvgIpc) is 3.04. The van der Waals surface area contributed by atoms with E-state index in [1.165, 1.54) is 11.3 Å². The number of hydrogen-bond donors (Lipinski definition) is 1. The summed E-state index contributed by atoms with van der Waals surface area (Å²) in [7, 11) is 1.64. The highest BCUT2D eigenvalue weighted by Gasteiger charge is 2.07. The van der Waals surface area contributed by atoms with Crippen LogP contribution in [0.15, 0.2) is 53.9 Å². The van der Waals surface area contributed by atoms with Gasteiger partial charge in [-0.3, -0.25) is 0 Å². The van der Waals surface area contributed by atoms with Crippen molar-refractivity contribution >= 4 is 22.2 Å². The summed E-state index contributed by atoms with van der Waals surface area (Å²) in [6, 6.07) is 17.2. The van der Waals surface area contributed by atoms with E-state index in [4.69, 9.17) is 10.00 Å². The van der Waals surface area contributed by atoms with Gasteiger partial charge in [0.15, 0.2) is 5.13 Å². The molecule has 1 N–H and O–H groups in total. The van der Waals surface area contributed by atoms with Crippen molar-refractivity contribution in [3.05, 3.63) is 59.5 Å². The predicted molar refractivity (Wildman–Crippen MR) is 88.5 cm³/mol. The Bertz CT molecular complexity index is 818. The fourth-order valence-electron chi connectivity index (χ4n) is 2.04. The fraction of sp³-hybridized carbons (Fsp3) is 0.0588. The number of ether oxygens (including phenoxy) is 1. The first-order valence-electron chi connectivity index (χ1n) is 6.66. The van der Waals surface area contributed by atoms with E-state index < -0.39 is 0 Å². The standard InChI is InChI=1S/C17H13N3OS/c1-21-16-5-3-2-4-14(16)19-17-20-15(11-22-17)13-8-6-12(10-18)7-9-13/h2-9,11H,1H3,(H,19,20). The topological polar surface area (TPSA) is 57.9 Å². The molecule has 0 saturated carbocycles. The van der Waals surface area contributed by atoms with Crippen molar-refractivity contribution in [3.8, 4) is 23.1 Å². The summed E-state index contributed by atoms with van der Waals surface area (Å²) in [5.41, 5.74) is 3.40. The molecule has 22 heavy (non-hydrogen) atoms. The second kappa shape index (κ2) is 6.29. The van der Waals surface area contributed by atoms with Crippen molar-refractivity contribution < 1.29 is 4.74 Å². The van der Waals surface area contributed by atoms with Crippen LogP contribution in [0.4, 0.5) is 10.8 Å². The van der Waals surface area contributed by atoms with Crippen LogP contribution in [0.5, 0.6) is 5.75 Å². The lowest BCUT2D eigenvalue weighted by Crippen LogP contribution is -1.93. The highest BCUT2D eigenvalue weighted by atomic mass is 32.1. The van der Waals surface area contributed by atoms with Gasteiger partial charge in [0.25, 0.3) is 0 Å². The number of para-hydroxylation sites is 2. The second-order valence-corrected chi connectivity index (χ2v) is 5.41. The summed E-state index contributed by atoms with van der Waals surface area (Å²) < 4.78 is 5.32. The Morgan fingerprint density at radius 3 is 2.64 bits per heavy atom. The van der Waals surface area contributed by atoms with E-state index in [2.05, 4.69) is 16.4 Å². The fourth-order valence-corrected chi connectivity index (χ4v) is 2.77. The molecule has 0 radical (unpaired) electrons. The van der Waals surface area contributed by atoms with Crippen LogP contribution in [0, 0.1) is 11.3 Å². The van der Waals surface area contributed by atoms with Gasteiger partial charge in [-0.15, -0.1) is 11.3 Å². The van der Waals surface area contributed by atoms with E-state index in [1.807, 2.05) is 41.8 Å². The molecule has 0 unspecified atom stereocenters. The first-order valence-corrected chi connectivity index (χ1v) is 7.54. The number of anilines is 2. The van der Waals surface area contributed by atoms with Crippen LogP contribution in [0.25, 0.3) is 11.3 Å². The van der Waals surface area contributed by atoms with Gasteiger partial charge < -0.3 is 10.1 Å². The van der Waals surface area contributed by atoms with Crippen molar-refractivity contribution in [2.45, 2.75) is 0 Å². The van der Waals surface area contributed by atoms with Crippen LogP contribution in [-0.2, 0) is 0 Å². The minimum atomic E-state index is 0.645. The normalized spacial score (nSPS) is 10.0. The van der Waals surface area contributed by atoms with Crippen molar-refractivity contribution in [2.75, 3.05) is 12.4 Å². The molecule has 0 aliphatic rings. The van der Waals surface area contributed by atoms with Gasteiger partial charge in [-0.25, -0.2) is 4.98 Å². The molecule has 5 heteroatoms. The molecule has 0 aliphatic carbocycles. The van der Waals surface area contributed by atoms with Crippen LogP contribution in [0.3, 0.4) is 0 Å². The van der Waals surface area contributed by atoms with Crippen LogP contribution in [-0.4, -0.2) is 12.1 Å². The molecule has 108 valence electrons. The lowest BCUT2D eigenvalue weighted by molar-refractivity contribution is 0.417. The number of methoxy groups -OCH3 is 1. The number of nitrogens with zero attached hydrogens (tertiary/aromatic N) is 2. The van der Waals surface area contributed by atoms with E-state index in [9.17, 15) is 0 Å². The van der Waals surface area contributed by atoms with Crippen LogP contribution in [0.2, 0.25) is 0 Å². The molecule has 0 atom stereocenters. The first-order chi connectivity index (χ1) is 10.8. The number of benzene rings is 2. The van der Waals surface area contributed by atoms with E-state index >= 15 is 0 Å². The third-order valence-electron chi connectivity index (χ3n) is 3.16. The van der Waals surface area contributed by atoms with E-state index in [-0.39, 0.29) is 0 Å². The number of aromatic nitrogens is 1. The Hall–Kier alpha value is -2.84. The summed E-state index contributed by atoms with van der Waals surface area (Å²) >= 11 is 1.53. The zero-order valence-corrected chi connectivity index (χ0v) is 12.7. The van der Waals surface area contributed by atoms with Gasteiger partial charge in [0.1, 0.15) is 5.75 Å². The maximum Gasteiger partial charge on any atom is 0.187 e. The van der Waals surface area contributed by atoms with Crippen LogP contribution in [0.1, 0.15) is 5.56 Å². The predicted octanol–water partition coefficient (Wildman–Crippen LogP) is 4.43. The highest BCUT2D eigenvalue weighted by Crippen LogP contribution is 2.31. The molecule has 0 saturated heterocycles. The molecule has 0 spiro atoms. The SMILES string of the molecule is COc1ccccc1Nc1nc(-c2ccc(C#N)cc2)cs1. The maximum absolute atomic E-state index is 8.83. The summed E-state index contributed by atoms with van der Waals surface area (Å²) in [5.74, 6) is 0.776. The Labute approximate surface area is 132 Å². The molecule has 0 amide bonds. The Balaban J connectivity index is 1.83.